The van der Waals surface area contributed by atoms with Crippen molar-refractivity contribution in [3.63, 3.8) is 0 Å². The third-order valence-electron chi connectivity index (χ3n) is 5.74. The first kappa shape index (κ1) is 21.5. The Kier molecular flexibility index (Phi) is 5.91. The van der Waals surface area contributed by atoms with Gasteiger partial charge in [-0.3, -0.25) is 4.98 Å². The Hall–Kier alpha value is -3.73. The number of hydrogen-bond acceptors (Lipinski definition) is 4. The summed E-state index contributed by atoms with van der Waals surface area (Å²) >= 11 is 0. The molecule has 0 fully saturated rings. The van der Waals surface area contributed by atoms with Crippen LogP contribution in [0, 0.1) is 5.92 Å². The van der Waals surface area contributed by atoms with Gasteiger partial charge in [-0.05, 0) is 66.7 Å². The average molecular weight is 424 g/mol. The van der Waals surface area contributed by atoms with Gasteiger partial charge in [-0.15, -0.1) is 5.10 Å². The molecule has 0 saturated heterocycles. The summed E-state index contributed by atoms with van der Waals surface area (Å²) in [5.74, 6) is 0.424. The molecule has 0 radical (unpaired) electrons. The molecular weight excluding hydrogens is 394 g/mol. The van der Waals surface area contributed by atoms with Gasteiger partial charge in [-0.1, -0.05) is 56.0 Å². The maximum atomic E-state index is 4.50. The summed E-state index contributed by atoms with van der Waals surface area (Å²) in [5.41, 5.74) is 10.1. The van der Waals surface area contributed by atoms with Crippen LogP contribution in [-0.4, -0.2) is 20.0 Å². The molecular formula is C27H29N5. The van der Waals surface area contributed by atoms with Crippen molar-refractivity contribution >= 4 is 22.3 Å². The fourth-order valence-corrected chi connectivity index (χ4v) is 3.79. The van der Waals surface area contributed by atoms with E-state index in [0.717, 1.165) is 39.1 Å². The minimum absolute atomic E-state index is 0.424. The third-order valence-corrected chi connectivity index (χ3v) is 5.74. The van der Waals surface area contributed by atoms with Crippen LogP contribution in [0.1, 0.15) is 40.2 Å². The number of rotatable bonds is 2. The van der Waals surface area contributed by atoms with E-state index in [1.165, 1.54) is 16.7 Å². The van der Waals surface area contributed by atoms with Crippen molar-refractivity contribution in [1.29, 1.82) is 0 Å². The van der Waals surface area contributed by atoms with Crippen LogP contribution < -0.4 is 5.32 Å². The first-order valence-corrected chi connectivity index (χ1v) is 10.8. The third kappa shape index (κ3) is 4.19. The first-order chi connectivity index (χ1) is 15.3. The van der Waals surface area contributed by atoms with Crippen molar-refractivity contribution in [3.8, 4) is 5.69 Å². The topological polar surface area (TPSA) is 55.6 Å². The first-order valence-electron chi connectivity index (χ1n) is 10.8. The largest absolute Gasteiger partial charge is 0.360 e. The molecule has 1 aromatic carbocycles. The second kappa shape index (κ2) is 8.79. The second-order valence-corrected chi connectivity index (χ2v) is 8.58. The molecule has 4 rings (SSSR count). The normalized spacial score (nSPS) is 20.0. The van der Waals surface area contributed by atoms with E-state index in [4.69, 9.17) is 0 Å². The van der Waals surface area contributed by atoms with Gasteiger partial charge in [0.15, 0.2) is 0 Å². The predicted molar refractivity (Wildman–Crippen MR) is 134 cm³/mol. The van der Waals surface area contributed by atoms with Gasteiger partial charge in [-0.2, -0.15) is 0 Å². The van der Waals surface area contributed by atoms with Gasteiger partial charge < -0.3 is 5.32 Å². The van der Waals surface area contributed by atoms with Crippen LogP contribution in [0.5, 0.6) is 0 Å². The molecule has 32 heavy (non-hydrogen) atoms. The van der Waals surface area contributed by atoms with Crippen LogP contribution in [0.25, 0.3) is 22.3 Å². The van der Waals surface area contributed by atoms with E-state index in [1.807, 2.05) is 47.5 Å². The van der Waals surface area contributed by atoms with Gasteiger partial charge in [0.1, 0.15) is 5.52 Å². The lowest BCUT2D eigenvalue weighted by molar-refractivity contribution is 0.788. The quantitative estimate of drug-likeness (QED) is 0.502. The number of anilines is 1. The van der Waals surface area contributed by atoms with Crippen molar-refractivity contribution in [3.05, 3.63) is 95.5 Å². The monoisotopic (exact) mass is 423 g/mol. The number of allylic oxidation sites excluding steroid dienone is 8. The van der Waals surface area contributed by atoms with E-state index in [2.05, 4.69) is 80.0 Å². The van der Waals surface area contributed by atoms with Crippen LogP contribution in [0.4, 0.5) is 5.69 Å². The Bertz CT molecular complexity index is 1310. The second-order valence-electron chi connectivity index (χ2n) is 8.58. The lowest BCUT2D eigenvalue weighted by atomic mass is 9.94. The number of hydrogen-bond donors (Lipinski definition) is 1. The van der Waals surface area contributed by atoms with E-state index in [1.54, 1.807) is 0 Å². The van der Waals surface area contributed by atoms with Gasteiger partial charge in [0.25, 0.3) is 0 Å². The summed E-state index contributed by atoms with van der Waals surface area (Å²) in [5, 5.41) is 12.2. The van der Waals surface area contributed by atoms with Crippen LogP contribution in [-0.2, 0) is 0 Å². The van der Waals surface area contributed by atoms with Gasteiger partial charge in [-0.25, -0.2) is 4.68 Å². The van der Waals surface area contributed by atoms with Gasteiger partial charge in [0, 0.05) is 11.8 Å². The number of fused-ring (bicyclic) bond motifs is 2. The van der Waals surface area contributed by atoms with E-state index >= 15 is 0 Å². The molecule has 1 aliphatic heterocycles. The SMILES string of the molecule is C=C1/C=C(C)\C(C)=C/C(C(C)C)=CC(/C)=C/Nc2cncc(-n3nnc4ccccc43)c21. The zero-order valence-corrected chi connectivity index (χ0v) is 19.3. The lowest BCUT2D eigenvalue weighted by Crippen LogP contribution is -2.06. The fraction of sp³-hybridized carbons (Fsp3) is 0.222. The van der Waals surface area contributed by atoms with Crippen LogP contribution in [0.15, 0.2) is 90.0 Å². The molecule has 1 aliphatic rings. The summed E-state index contributed by atoms with van der Waals surface area (Å²) in [6.45, 7) is 15.2. The van der Waals surface area contributed by atoms with Gasteiger partial charge in [0.05, 0.1) is 29.3 Å². The predicted octanol–water partition coefficient (Wildman–Crippen LogP) is 6.63. The molecule has 0 atom stereocenters. The Morgan fingerprint density at radius 2 is 1.72 bits per heavy atom. The Labute approximate surface area is 189 Å². The zero-order chi connectivity index (χ0) is 22.8. The molecule has 5 heteroatoms. The molecule has 3 heterocycles. The van der Waals surface area contributed by atoms with Gasteiger partial charge >= 0.3 is 0 Å². The molecule has 0 spiro atoms. The molecule has 0 saturated carbocycles. The molecule has 0 unspecified atom stereocenters. The number of aromatic nitrogens is 4. The van der Waals surface area contributed by atoms with E-state index in [9.17, 15) is 0 Å². The smallest absolute Gasteiger partial charge is 0.113 e. The van der Waals surface area contributed by atoms with E-state index in [-0.39, 0.29) is 0 Å². The van der Waals surface area contributed by atoms with E-state index < -0.39 is 0 Å². The number of nitrogens with zero attached hydrogens (tertiary/aromatic N) is 4. The highest BCUT2D eigenvalue weighted by Gasteiger charge is 2.17. The zero-order valence-electron chi connectivity index (χ0n) is 19.3. The standard InChI is InChI=1S/C27H29N5/c1-17(2)22-11-18(3)14-29-24-15-28-16-26(27(24)21(6)12-19(4)20(5)13-22)32-25-10-8-7-9-23(25)30-31-32/h7-17,29H,6H2,1-5H3/b18-14+,19-12-,20-13-,22-11?. The maximum absolute atomic E-state index is 4.50. The highest BCUT2D eigenvalue weighted by Crippen LogP contribution is 2.33. The molecule has 5 nitrogen and oxygen atoms in total. The molecule has 1 N–H and O–H groups in total. The highest BCUT2D eigenvalue weighted by atomic mass is 15.4. The van der Waals surface area contributed by atoms with Crippen molar-refractivity contribution in [1.82, 2.24) is 20.0 Å². The molecule has 2 aromatic heterocycles. The number of para-hydroxylation sites is 1. The summed E-state index contributed by atoms with van der Waals surface area (Å²) in [4.78, 5) is 4.50. The minimum atomic E-state index is 0.424. The fourth-order valence-electron chi connectivity index (χ4n) is 3.79. The van der Waals surface area contributed by atoms with Crippen molar-refractivity contribution in [2.75, 3.05) is 5.32 Å². The molecule has 162 valence electrons. The van der Waals surface area contributed by atoms with Gasteiger partial charge in [0.2, 0.25) is 0 Å². The van der Waals surface area contributed by atoms with Crippen LogP contribution in [0.3, 0.4) is 0 Å². The van der Waals surface area contributed by atoms with Crippen LogP contribution in [0.2, 0.25) is 0 Å². The maximum Gasteiger partial charge on any atom is 0.113 e. The lowest BCUT2D eigenvalue weighted by Gasteiger charge is -2.17. The summed E-state index contributed by atoms with van der Waals surface area (Å²) in [6.07, 6.45) is 12.3. The molecule has 0 amide bonds. The Balaban J connectivity index is 1.95. The van der Waals surface area contributed by atoms with E-state index in [0.29, 0.717) is 5.92 Å². The highest BCUT2D eigenvalue weighted by molar-refractivity contribution is 5.88. The molecule has 0 bridgehead atoms. The number of pyridine rings is 1. The van der Waals surface area contributed by atoms with Crippen molar-refractivity contribution in [2.45, 2.75) is 34.6 Å². The average Bonchev–Trinajstić information content (AvgIpc) is 3.20. The minimum Gasteiger partial charge on any atom is -0.360 e. The van der Waals surface area contributed by atoms with Crippen molar-refractivity contribution in [2.24, 2.45) is 5.92 Å². The molecule has 3 aromatic rings. The van der Waals surface area contributed by atoms with Crippen LogP contribution >= 0.6 is 0 Å². The summed E-state index contributed by atoms with van der Waals surface area (Å²) < 4.78 is 1.83. The Morgan fingerprint density at radius 3 is 2.50 bits per heavy atom. The number of benzene rings is 1. The Morgan fingerprint density at radius 1 is 0.969 bits per heavy atom. The molecule has 0 aliphatic carbocycles. The van der Waals surface area contributed by atoms with Crippen molar-refractivity contribution < 1.29 is 0 Å². The summed E-state index contributed by atoms with van der Waals surface area (Å²) in [7, 11) is 0. The number of nitrogens with one attached hydrogen (secondary N) is 1. The summed E-state index contributed by atoms with van der Waals surface area (Å²) in [6, 6.07) is 7.92.